The number of rotatable bonds is 3. The number of nitrogens with zero attached hydrogens (tertiary/aromatic N) is 1. The summed E-state index contributed by atoms with van der Waals surface area (Å²) < 4.78 is 5.20. The summed E-state index contributed by atoms with van der Waals surface area (Å²) in [6.45, 7) is 1.78. The average Bonchev–Trinajstić information content (AvgIpc) is 3.32. The van der Waals surface area contributed by atoms with E-state index in [1.807, 2.05) is 29.2 Å². The van der Waals surface area contributed by atoms with Crippen LogP contribution in [0.2, 0.25) is 0 Å². The molecule has 106 valence electrons. The van der Waals surface area contributed by atoms with Gasteiger partial charge in [-0.2, -0.15) is 0 Å². The van der Waals surface area contributed by atoms with E-state index in [1.165, 1.54) is 12.8 Å². The molecule has 20 heavy (non-hydrogen) atoms. The molecule has 3 rings (SSSR count). The lowest BCUT2D eigenvalue weighted by Crippen LogP contribution is -2.37. The molecule has 1 aromatic carbocycles. The fraction of sp³-hybridized carbons (Fsp3) is 0.471. The van der Waals surface area contributed by atoms with Crippen molar-refractivity contribution in [2.75, 3.05) is 20.2 Å². The maximum atomic E-state index is 12.3. The second-order valence-electron chi connectivity index (χ2n) is 5.62. The van der Waals surface area contributed by atoms with Crippen molar-refractivity contribution >= 4 is 5.91 Å². The Labute approximate surface area is 120 Å². The third kappa shape index (κ3) is 3.03. The molecular formula is C17H21NO2. The first-order valence-corrected chi connectivity index (χ1v) is 7.37. The van der Waals surface area contributed by atoms with Crippen LogP contribution in [0.5, 0.6) is 5.75 Å². The summed E-state index contributed by atoms with van der Waals surface area (Å²) in [5.41, 5.74) is 4.31. The standard InChI is InChI=1S/C17H21NO2/c1-20-16-4-2-3-13(11-16)12-17(19)18-9-7-15(8-10-18)14-5-6-14/h2-4,11H,5-10,12H2,1H3. The first-order chi connectivity index (χ1) is 9.76. The molecule has 0 atom stereocenters. The van der Waals surface area contributed by atoms with Crippen LogP contribution < -0.4 is 4.74 Å². The maximum absolute atomic E-state index is 12.3. The Kier molecular flexibility index (Phi) is 3.77. The van der Waals surface area contributed by atoms with Gasteiger partial charge in [-0.05, 0) is 43.4 Å². The largest absolute Gasteiger partial charge is 0.497 e. The molecule has 0 radical (unpaired) electrons. The number of likely N-dealkylation sites (tertiary alicyclic amines) is 1. The summed E-state index contributed by atoms with van der Waals surface area (Å²) in [4.78, 5) is 14.3. The number of methoxy groups -OCH3 is 1. The van der Waals surface area contributed by atoms with E-state index in [0.29, 0.717) is 6.42 Å². The van der Waals surface area contributed by atoms with E-state index < -0.39 is 0 Å². The number of piperidine rings is 1. The minimum absolute atomic E-state index is 0.234. The predicted octanol–water partition coefficient (Wildman–Crippen LogP) is 2.95. The van der Waals surface area contributed by atoms with Crippen molar-refractivity contribution in [1.82, 2.24) is 4.90 Å². The molecule has 3 heteroatoms. The highest BCUT2D eigenvalue weighted by Gasteiger charge is 2.24. The lowest BCUT2D eigenvalue weighted by molar-refractivity contribution is -0.130. The maximum Gasteiger partial charge on any atom is 0.227 e. The predicted molar refractivity (Wildman–Crippen MR) is 78.8 cm³/mol. The Morgan fingerprint density at radius 1 is 1.15 bits per heavy atom. The lowest BCUT2D eigenvalue weighted by atomic mass is 10.0. The van der Waals surface area contributed by atoms with Gasteiger partial charge in [0.15, 0.2) is 0 Å². The monoisotopic (exact) mass is 271 g/mol. The van der Waals surface area contributed by atoms with Crippen molar-refractivity contribution in [3.63, 3.8) is 0 Å². The molecule has 1 aliphatic heterocycles. The van der Waals surface area contributed by atoms with Crippen LogP contribution in [0.4, 0.5) is 0 Å². The highest BCUT2D eigenvalue weighted by Crippen LogP contribution is 2.36. The Bertz CT molecular complexity index is 532. The van der Waals surface area contributed by atoms with Crippen molar-refractivity contribution in [1.29, 1.82) is 0 Å². The molecule has 0 N–H and O–H groups in total. The van der Waals surface area contributed by atoms with Gasteiger partial charge in [-0.1, -0.05) is 23.3 Å². The number of hydrogen-bond acceptors (Lipinski definition) is 2. The zero-order valence-corrected chi connectivity index (χ0v) is 12.0. The molecule has 2 fully saturated rings. The Balaban J connectivity index is 1.58. The van der Waals surface area contributed by atoms with Gasteiger partial charge in [0, 0.05) is 13.1 Å². The second kappa shape index (κ2) is 5.70. The Hall–Kier alpha value is -1.77. The summed E-state index contributed by atoms with van der Waals surface area (Å²) in [5.74, 6) is 1.05. The summed E-state index contributed by atoms with van der Waals surface area (Å²) >= 11 is 0. The van der Waals surface area contributed by atoms with Gasteiger partial charge in [0.25, 0.3) is 0 Å². The van der Waals surface area contributed by atoms with Gasteiger partial charge in [0.2, 0.25) is 5.91 Å². The minimum Gasteiger partial charge on any atom is -0.497 e. The zero-order valence-electron chi connectivity index (χ0n) is 12.0. The molecule has 0 aromatic heterocycles. The van der Waals surface area contributed by atoms with Crippen molar-refractivity contribution < 1.29 is 9.53 Å². The lowest BCUT2D eigenvalue weighted by Gasteiger charge is -2.28. The smallest absolute Gasteiger partial charge is 0.227 e. The van der Waals surface area contributed by atoms with Crippen LogP contribution in [0.1, 0.15) is 31.2 Å². The van der Waals surface area contributed by atoms with Crippen LogP contribution in [0.25, 0.3) is 0 Å². The molecule has 0 unspecified atom stereocenters. The van der Waals surface area contributed by atoms with E-state index in [9.17, 15) is 4.79 Å². The van der Waals surface area contributed by atoms with Crippen LogP contribution in [-0.2, 0) is 11.2 Å². The fourth-order valence-corrected chi connectivity index (χ4v) is 2.86. The molecule has 1 heterocycles. The van der Waals surface area contributed by atoms with E-state index in [1.54, 1.807) is 18.3 Å². The van der Waals surface area contributed by atoms with E-state index in [2.05, 4.69) is 0 Å². The van der Waals surface area contributed by atoms with Gasteiger partial charge in [-0.3, -0.25) is 4.79 Å². The zero-order chi connectivity index (χ0) is 13.9. The van der Waals surface area contributed by atoms with E-state index in [0.717, 1.165) is 37.2 Å². The summed E-state index contributed by atoms with van der Waals surface area (Å²) in [5, 5.41) is 0. The molecule has 1 saturated heterocycles. The fourth-order valence-electron chi connectivity index (χ4n) is 2.86. The first-order valence-electron chi connectivity index (χ1n) is 7.37. The van der Waals surface area contributed by atoms with Crippen molar-refractivity contribution in [2.24, 2.45) is 0 Å². The molecule has 2 aliphatic rings. The van der Waals surface area contributed by atoms with Crippen LogP contribution in [-0.4, -0.2) is 31.0 Å². The highest BCUT2D eigenvalue weighted by molar-refractivity contribution is 5.79. The summed E-state index contributed by atoms with van der Waals surface area (Å²) in [7, 11) is 1.65. The second-order valence-corrected chi connectivity index (χ2v) is 5.62. The highest BCUT2D eigenvalue weighted by atomic mass is 16.5. The molecule has 1 aromatic rings. The van der Waals surface area contributed by atoms with E-state index in [4.69, 9.17) is 4.74 Å². The average molecular weight is 271 g/mol. The molecule has 1 aliphatic carbocycles. The summed E-state index contributed by atoms with van der Waals surface area (Å²) in [6.07, 6.45) is 5.24. The molecule has 3 nitrogen and oxygen atoms in total. The summed E-state index contributed by atoms with van der Waals surface area (Å²) in [6, 6.07) is 7.78. The van der Waals surface area contributed by atoms with Crippen LogP contribution >= 0.6 is 0 Å². The molecule has 0 spiro atoms. The normalized spacial score (nSPS) is 18.1. The van der Waals surface area contributed by atoms with Gasteiger partial charge in [0.1, 0.15) is 5.75 Å². The SMILES string of the molecule is COc1cccc(CC(=O)N2CCC(=C3CC3)CC2)c1. The molecular weight excluding hydrogens is 250 g/mol. The molecule has 1 saturated carbocycles. The number of carbonyl (C=O) groups is 1. The Morgan fingerprint density at radius 3 is 2.50 bits per heavy atom. The number of ether oxygens (including phenoxy) is 1. The third-order valence-corrected chi connectivity index (χ3v) is 4.21. The van der Waals surface area contributed by atoms with Crippen LogP contribution in [0, 0.1) is 0 Å². The topological polar surface area (TPSA) is 29.5 Å². The van der Waals surface area contributed by atoms with Gasteiger partial charge < -0.3 is 9.64 Å². The van der Waals surface area contributed by atoms with E-state index in [-0.39, 0.29) is 5.91 Å². The van der Waals surface area contributed by atoms with Gasteiger partial charge in [-0.15, -0.1) is 0 Å². The van der Waals surface area contributed by atoms with Crippen LogP contribution in [0.3, 0.4) is 0 Å². The Morgan fingerprint density at radius 2 is 1.85 bits per heavy atom. The van der Waals surface area contributed by atoms with E-state index >= 15 is 0 Å². The number of hydrogen-bond donors (Lipinski definition) is 0. The van der Waals surface area contributed by atoms with Gasteiger partial charge >= 0.3 is 0 Å². The molecule has 0 bridgehead atoms. The van der Waals surface area contributed by atoms with Gasteiger partial charge in [0.05, 0.1) is 13.5 Å². The quantitative estimate of drug-likeness (QED) is 0.791. The first kappa shape index (κ1) is 13.2. The van der Waals surface area contributed by atoms with Crippen LogP contribution in [0.15, 0.2) is 35.4 Å². The molecule has 1 amide bonds. The number of allylic oxidation sites excluding steroid dienone is 1. The van der Waals surface area contributed by atoms with Crippen molar-refractivity contribution in [3.8, 4) is 5.75 Å². The third-order valence-electron chi connectivity index (χ3n) is 4.21. The number of carbonyl (C=O) groups excluding carboxylic acids is 1. The van der Waals surface area contributed by atoms with Crippen molar-refractivity contribution in [2.45, 2.75) is 32.1 Å². The number of amides is 1. The number of benzene rings is 1. The van der Waals surface area contributed by atoms with Crippen molar-refractivity contribution in [3.05, 3.63) is 41.0 Å². The van der Waals surface area contributed by atoms with Gasteiger partial charge in [-0.25, -0.2) is 0 Å². The minimum atomic E-state index is 0.234.